The Bertz CT molecular complexity index is 878. The number of fused-ring (bicyclic) bond motifs is 1. The zero-order chi connectivity index (χ0) is 18.1. The molecular weight excluding hydrogens is 406 g/mol. The third kappa shape index (κ3) is 3.45. The van der Waals surface area contributed by atoms with Gasteiger partial charge in [-0.05, 0) is 40.0 Å². The van der Waals surface area contributed by atoms with Crippen molar-refractivity contribution < 1.29 is 14.4 Å². The Kier molecular flexibility index (Phi) is 4.91. The molecule has 0 fully saturated rings. The van der Waals surface area contributed by atoms with Crippen LogP contribution in [0.25, 0.3) is 0 Å². The third-order valence-electron chi connectivity index (χ3n) is 4.09. The Hall–Kier alpha value is -2.19. The molecule has 0 bridgehead atoms. The van der Waals surface area contributed by atoms with Crippen molar-refractivity contribution >= 4 is 50.0 Å². The second-order valence-corrected chi connectivity index (χ2v) is 7.66. The van der Waals surface area contributed by atoms with Gasteiger partial charge in [0.25, 0.3) is 11.8 Å². The van der Waals surface area contributed by atoms with Gasteiger partial charge in [-0.15, -0.1) is 11.3 Å². The summed E-state index contributed by atoms with van der Waals surface area (Å²) in [4.78, 5) is 38.7. The van der Waals surface area contributed by atoms with Gasteiger partial charge in [0.05, 0.1) is 17.7 Å². The molecule has 3 N–H and O–H groups in total. The van der Waals surface area contributed by atoms with Gasteiger partial charge in [0.15, 0.2) is 0 Å². The molecule has 0 spiro atoms. The standard InChI is InChI=1S/C17H16BrN3O3S/c1-9(22)21-7-6-11-13(8-21)25-17(14(11)15(19)23)20-16(24)10-4-2-3-5-12(10)18/h2-5H,6-8H2,1H3,(H2,19,23)(H,20,24). The number of benzene rings is 1. The van der Waals surface area contributed by atoms with Crippen LogP contribution in [0.4, 0.5) is 5.00 Å². The lowest BCUT2D eigenvalue weighted by Crippen LogP contribution is -2.34. The largest absolute Gasteiger partial charge is 0.365 e. The number of primary amides is 1. The smallest absolute Gasteiger partial charge is 0.257 e. The van der Waals surface area contributed by atoms with E-state index < -0.39 is 5.91 Å². The predicted molar refractivity (Wildman–Crippen MR) is 99.7 cm³/mol. The SMILES string of the molecule is CC(=O)N1CCc2c(sc(NC(=O)c3ccccc3Br)c2C(N)=O)C1. The van der Waals surface area contributed by atoms with Crippen LogP contribution in [-0.2, 0) is 17.8 Å². The van der Waals surface area contributed by atoms with Gasteiger partial charge in [0.2, 0.25) is 5.91 Å². The van der Waals surface area contributed by atoms with Crippen LogP contribution in [-0.4, -0.2) is 29.2 Å². The number of carbonyl (C=O) groups excluding carboxylic acids is 3. The Morgan fingerprint density at radius 3 is 2.64 bits per heavy atom. The molecule has 2 heterocycles. The molecule has 0 radical (unpaired) electrons. The van der Waals surface area contributed by atoms with Crippen molar-refractivity contribution in [2.45, 2.75) is 19.9 Å². The molecule has 6 nitrogen and oxygen atoms in total. The van der Waals surface area contributed by atoms with Gasteiger partial charge in [0, 0.05) is 22.8 Å². The molecule has 3 amide bonds. The Morgan fingerprint density at radius 2 is 2.00 bits per heavy atom. The molecule has 0 unspecified atom stereocenters. The third-order valence-corrected chi connectivity index (χ3v) is 5.92. The quantitative estimate of drug-likeness (QED) is 0.797. The van der Waals surface area contributed by atoms with Crippen LogP contribution in [0.2, 0.25) is 0 Å². The summed E-state index contributed by atoms with van der Waals surface area (Å²) in [5.74, 6) is -0.910. The van der Waals surface area contributed by atoms with E-state index in [9.17, 15) is 14.4 Å². The van der Waals surface area contributed by atoms with Crippen LogP contribution >= 0.6 is 27.3 Å². The predicted octanol–water partition coefficient (Wildman–Crippen LogP) is 2.77. The highest BCUT2D eigenvalue weighted by Gasteiger charge is 2.28. The van der Waals surface area contributed by atoms with Crippen molar-refractivity contribution in [3.8, 4) is 0 Å². The summed E-state index contributed by atoms with van der Waals surface area (Å²) in [5.41, 5.74) is 7.20. The van der Waals surface area contributed by atoms with E-state index in [1.54, 1.807) is 23.1 Å². The summed E-state index contributed by atoms with van der Waals surface area (Å²) < 4.78 is 0.664. The van der Waals surface area contributed by atoms with Crippen molar-refractivity contribution in [3.63, 3.8) is 0 Å². The van der Waals surface area contributed by atoms with E-state index >= 15 is 0 Å². The first kappa shape index (κ1) is 17.6. The summed E-state index contributed by atoms with van der Waals surface area (Å²) in [6.07, 6.45) is 0.550. The molecule has 0 aliphatic carbocycles. The molecule has 1 aromatic heterocycles. The van der Waals surface area contributed by atoms with Gasteiger partial charge in [-0.2, -0.15) is 0 Å². The van der Waals surface area contributed by atoms with Crippen LogP contribution in [0.5, 0.6) is 0 Å². The van der Waals surface area contributed by atoms with Gasteiger partial charge in [0.1, 0.15) is 5.00 Å². The molecule has 2 aromatic rings. The number of thiophene rings is 1. The maximum Gasteiger partial charge on any atom is 0.257 e. The number of rotatable bonds is 3. The van der Waals surface area contributed by atoms with E-state index in [0.717, 1.165) is 10.4 Å². The van der Waals surface area contributed by atoms with Gasteiger partial charge in [-0.1, -0.05) is 12.1 Å². The van der Waals surface area contributed by atoms with E-state index in [2.05, 4.69) is 21.2 Å². The van der Waals surface area contributed by atoms with E-state index in [0.29, 0.717) is 40.1 Å². The molecule has 0 atom stereocenters. The lowest BCUT2D eigenvalue weighted by molar-refractivity contribution is -0.129. The van der Waals surface area contributed by atoms with Gasteiger partial charge in [-0.25, -0.2) is 0 Å². The molecule has 1 aromatic carbocycles. The first-order valence-electron chi connectivity index (χ1n) is 7.64. The van der Waals surface area contributed by atoms with Crippen LogP contribution in [0.1, 0.15) is 38.1 Å². The zero-order valence-corrected chi connectivity index (χ0v) is 15.9. The number of anilines is 1. The van der Waals surface area contributed by atoms with Crippen molar-refractivity contribution in [1.29, 1.82) is 0 Å². The number of nitrogens with one attached hydrogen (secondary N) is 1. The Labute approximate surface area is 157 Å². The van der Waals surface area contributed by atoms with Crippen molar-refractivity contribution in [3.05, 3.63) is 50.3 Å². The maximum atomic E-state index is 12.5. The summed E-state index contributed by atoms with van der Waals surface area (Å²) in [6, 6.07) is 7.04. The van der Waals surface area contributed by atoms with Crippen molar-refractivity contribution in [1.82, 2.24) is 4.90 Å². The van der Waals surface area contributed by atoms with Crippen molar-refractivity contribution in [2.24, 2.45) is 5.73 Å². The molecule has 130 valence electrons. The summed E-state index contributed by atoms with van der Waals surface area (Å²) in [6.45, 7) is 2.49. The zero-order valence-electron chi connectivity index (χ0n) is 13.5. The summed E-state index contributed by atoms with van der Waals surface area (Å²) >= 11 is 4.64. The first-order valence-corrected chi connectivity index (χ1v) is 9.25. The second kappa shape index (κ2) is 6.97. The molecule has 1 aliphatic rings. The fourth-order valence-corrected chi connectivity index (χ4v) is 4.57. The lowest BCUT2D eigenvalue weighted by atomic mass is 10.0. The maximum absolute atomic E-state index is 12.5. The minimum atomic E-state index is -0.573. The molecule has 1 aliphatic heterocycles. The number of carbonyl (C=O) groups is 3. The second-order valence-electron chi connectivity index (χ2n) is 5.70. The minimum absolute atomic E-state index is 0.0153. The number of hydrogen-bond acceptors (Lipinski definition) is 4. The average Bonchev–Trinajstić information content (AvgIpc) is 2.91. The Balaban J connectivity index is 1.94. The summed E-state index contributed by atoms with van der Waals surface area (Å²) in [7, 11) is 0. The number of halogens is 1. The first-order chi connectivity index (χ1) is 11.9. The average molecular weight is 422 g/mol. The van der Waals surface area contributed by atoms with Crippen LogP contribution in [0.15, 0.2) is 28.7 Å². The number of nitrogens with zero attached hydrogens (tertiary/aromatic N) is 1. The molecule has 0 saturated heterocycles. The Morgan fingerprint density at radius 1 is 1.28 bits per heavy atom. The van der Waals surface area contributed by atoms with Gasteiger partial charge < -0.3 is 16.0 Å². The molecule has 3 rings (SSSR count). The normalized spacial score (nSPS) is 13.3. The van der Waals surface area contributed by atoms with Crippen molar-refractivity contribution in [2.75, 3.05) is 11.9 Å². The van der Waals surface area contributed by atoms with Crippen LogP contribution < -0.4 is 11.1 Å². The highest BCUT2D eigenvalue weighted by Crippen LogP contribution is 2.37. The molecule has 0 saturated carbocycles. The number of amides is 3. The van der Waals surface area contributed by atoms with Crippen LogP contribution in [0.3, 0.4) is 0 Å². The number of hydrogen-bond donors (Lipinski definition) is 2. The molecular formula is C17H16BrN3O3S. The highest BCUT2D eigenvalue weighted by atomic mass is 79.9. The fraction of sp³-hybridized carbons (Fsp3) is 0.235. The highest BCUT2D eigenvalue weighted by molar-refractivity contribution is 9.10. The minimum Gasteiger partial charge on any atom is -0.365 e. The lowest BCUT2D eigenvalue weighted by Gasteiger charge is -2.25. The van der Waals surface area contributed by atoms with E-state index in [1.807, 2.05) is 6.07 Å². The fourth-order valence-electron chi connectivity index (χ4n) is 2.84. The number of nitrogens with two attached hydrogens (primary N) is 1. The van der Waals surface area contributed by atoms with E-state index in [4.69, 9.17) is 5.73 Å². The topological polar surface area (TPSA) is 92.5 Å². The molecule has 25 heavy (non-hydrogen) atoms. The van der Waals surface area contributed by atoms with Crippen LogP contribution in [0, 0.1) is 0 Å². The van der Waals surface area contributed by atoms with Gasteiger partial charge in [-0.3, -0.25) is 14.4 Å². The molecule has 8 heteroatoms. The summed E-state index contributed by atoms with van der Waals surface area (Å²) in [5, 5.41) is 3.23. The van der Waals surface area contributed by atoms with E-state index in [1.165, 1.54) is 18.3 Å². The van der Waals surface area contributed by atoms with Gasteiger partial charge >= 0.3 is 0 Å². The van der Waals surface area contributed by atoms with E-state index in [-0.39, 0.29) is 11.8 Å². The monoisotopic (exact) mass is 421 g/mol.